The molecule has 102 valence electrons. The Morgan fingerprint density at radius 2 is 1.85 bits per heavy atom. The first kappa shape index (κ1) is 13.9. The van der Waals surface area contributed by atoms with Crippen LogP contribution in [0.15, 0.2) is 42.5 Å². The minimum Gasteiger partial charge on any atom is -0.478 e. The maximum absolute atomic E-state index is 12.0. The minimum absolute atomic E-state index is 0.0955. The van der Waals surface area contributed by atoms with Crippen molar-refractivity contribution in [3.05, 3.63) is 58.6 Å². The molecule has 0 aromatic heterocycles. The summed E-state index contributed by atoms with van der Waals surface area (Å²) in [5.41, 5.74) is 6.78. The summed E-state index contributed by atoms with van der Waals surface area (Å²) in [6, 6.07) is 10.5. The monoisotopic (exact) mass is 290 g/mol. The number of carbonyl (C=O) groups is 2. The summed E-state index contributed by atoms with van der Waals surface area (Å²) in [5.74, 6) is -1.45. The van der Waals surface area contributed by atoms with Gasteiger partial charge in [0.05, 0.1) is 16.3 Å². The average Bonchev–Trinajstić information content (AvgIpc) is 2.42. The largest absolute Gasteiger partial charge is 0.478 e. The number of amides is 1. The molecule has 2 aromatic carbocycles. The van der Waals surface area contributed by atoms with E-state index >= 15 is 0 Å². The Morgan fingerprint density at radius 1 is 1.10 bits per heavy atom. The van der Waals surface area contributed by atoms with E-state index in [-0.39, 0.29) is 10.6 Å². The molecule has 2 rings (SSSR count). The molecule has 0 atom stereocenters. The molecule has 0 aliphatic rings. The molecule has 0 aliphatic heterocycles. The van der Waals surface area contributed by atoms with Crippen molar-refractivity contribution in [3.8, 4) is 0 Å². The first-order valence-electron chi connectivity index (χ1n) is 5.67. The number of nitrogens with two attached hydrogens (primary N) is 1. The summed E-state index contributed by atoms with van der Waals surface area (Å²) < 4.78 is 0. The number of carbonyl (C=O) groups excluding carboxylic acids is 1. The Kier molecular flexibility index (Phi) is 3.91. The van der Waals surface area contributed by atoms with Gasteiger partial charge in [0.15, 0.2) is 0 Å². The summed E-state index contributed by atoms with van der Waals surface area (Å²) in [4.78, 5) is 22.8. The van der Waals surface area contributed by atoms with Crippen LogP contribution in [0.1, 0.15) is 20.7 Å². The SMILES string of the molecule is Nc1ccc(C(=O)Nc2cccc(C(=O)O)c2)cc1Cl. The molecule has 2 aromatic rings. The lowest BCUT2D eigenvalue weighted by Crippen LogP contribution is -2.12. The number of halogens is 1. The Hall–Kier alpha value is -2.53. The van der Waals surface area contributed by atoms with Crippen molar-refractivity contribution in [1.29, 1.82) is 0 Å². The fraction of sp³-hybridized carbons (Fsp3) is 0. The van der Waals surface area contributed by atoms with Gasteiger partial charge in [-0.2, -0.15) is 0 Å². The van der Waals surface area contributed by atoms with E-state index in [9.17, 15) is 9.59 Å². The van der Waals surface area contributed by atoms with Crippen molar-refractivity contribution in [3.63, 3.8) is 0 Å². The number of carboxylic acid groups (broad SMARTS) is 1. The van der Waals surface area contributed by atoms with Crippen LogP contribution in [0.5, 0.6) is 0 Å². The molecule has 0 bridgehead atoms. The molecule has 0 saturated carbocycles. The first-order valence-corrected chi connectivity index (χ1v) is 6.05. The molecule has 5 nitrogen and oxygen atoms in total. The zero-order valence-electron chi connectivity index (χ0n) is 10.3. The van der Waals surface area contributed by atoms with Gasteiger partial charge in [0.2, 0.25) is 0 Å². The van der Waals surface area contributed by atoms with Crippen LogP contribution in [0.2, 0.25) is 5.02 Å². The van der Waals surface area contributed by atoms with Crippen LogP contribution < -0.4 is 11.1 Å². The van der Waals surface area contributed by atoms with Crippen LogP contribution in [0.3, 0.4) is 0 Å². The number of anilines is 2. The van der Waals surface area contributed by atoms with Crippen molar-refractivity contribution >= 4 is 34.9 Å². The first-order chi connectivity index (χ1) is 9.47. The molecule has 0 aliphatic carbocycles. The third kappa shape index (κ3) is 3.07. The number of aromatic carboxylic acids is 1. The number of nitrogen functional groups attached to an aromatic ring is 1. The van der Waals surface area contributed by atoms with Gasteiger partial charge in [-0.3, -0.25) is 4.79 Å². The van der Waals surface area contributed by atoms with Crippen molar-refractivity contribution in [2.45, 2.75) is 0 Å². The summed E-state index contributed by atoms with van der Waals surface area (Å²) in [7, 11) is 0. The van der Waals surface area contributed by atoms with Gasteiger partial charge in [0, 0.05) is 11.3 Å². The van der Waals surface area contributed by atoms with E-state index in [0.717, 1.165) is 0 Å². The maximum Gasteiger partial charge on any atom is 0.335 e. The lowest BCUT2D eigenvalue weighted by molar-refractivity contribution is 0.0696. The highest BCUT2D eigenvalue weighted by atomic mass is 35.5. The molecule has 0 radical (unpaired) electrons. The number of hydrogen-bond donors (Lipinski definition) is 3. The molecule has 0 saturated heterocycles. The Morgan fingerprint density at radius 3 is 2.50 bits per heavy atom. The van der Waals surface area contributed by atoms with Crippen LogP contribution in [0.4, 0.5) is 11.4 Å². The number of nitrogens with one attached hydrogen (secondary N) is 1. The molecule has 0 fully saturated rings. The zero-order chi connectivity index (χ0) is 14.7. The third-order valence-corrected chi connectivity index (χ3v) is 2.96. The molecule has 6 heteroatoms. The Balaban J connectivity index is 2.21. The number of rotatable bonds is 3. The number of benzene rings is 2. The molecular weight excluding hydrogens is 280 g/mol. The summed E-state index contributed by atoms with van der Waals surface area (Å²) >= 11 is 5.84. The van der Waals surface area contributed by atoms with E-state index in [1.165, 1.54) is 30.3 Å². The quantitative estimate of drug-likeness (QED) is 0.758. The smallest absolute Gasteiger partial charge is 0.335 e. The second kappa shape index (κ2) is 5.63. The lowest BCUT2D eigenvalue weighted by Gasteiger charge is -2.07. The van der Waals surface area contributed by atoms with Gasteiger partial charge in [-0.15, -0.1) is 0 Å². The van der Waals surface area contributed by atoms with Crippen LogP contribution in [-0.4, -0.2) is 17.0 Å². The predicted octanol–water partition coefficient (Wildman–Crippen LogP) is 2.87. The van der Waals surface area contributed by atoms with Crippen molar-refractivity contribution < 1.29 is 14.7 Å². The van der Waals surface area contributed by atoms with Crippen LogP contribution in [0, 0.1) is 0 Å². The molecule has 4 N–H and O–H groups in total. The normalized spacial score (nSPS) is 10.1. The molecule has 0 heterocycles. The standard InChI is InChI=1S/C14H11ClN2O3/c15-11-7-8(4-5-12(11)16)13(18)17-10-3-1-2-9(6-10)14(19)20/h1-7H,16H2,(H,17,18)(H,19,20). The summed E-state index contributed by atoms with van der Waals surface area (Å²) in [5, 5.41) is 11.8. The maximum atomic E-state index is 12.0. The van der Waals surface area contributed by atoms with Gasteiger partial charge < -0.3 is 16.2 Å². The van der Waals surface area contributed by atoms with Crippen molar-refractivity contribution in [2.75, 3.05) is 11.1 Å². The molecule has 0 spiro atoms. The van der Waals surface area contributed by atoms with Crippen molar-refractivity contribution in [2.24, 2.45) is 0 Å². The summed E-state index contributed by atoms with van der Waals surface area (Å²) in [6.45, 7) is 0. The van der Waals surface area contributed by atoms with Crippen LogP contribution >= 0.6 is 11.6 Å². The second-order valence-corrected chi connectivity index (χ2v) is 4.48. The van der Waals surface area contributed by atoms with Crippen LogP contribution in [-0.2, 0) is 0 Å². The lowest BCUT2D eigenvalue weighted by atomic mass is 10.1. The molecule has 20 heavy (non-hydrogen) atoms. The van der Waals surface area contributed by atoms with Crippen LogP contribution in [0.25, 0.3) is 0 Å². The van der Waals surface area contributed by atoms with Gasteiger partial charge in [-0.1, -0.05) is 17.7 Å². The van der Waals surface area contributed by atoms with E-state index in [2.05, 4.69) is 5.32 Å². The highest BCUT2D eigenvalue weighted by molar-refractivity contribution is 6.33. The van der Waals surface area contributed by atoms with Gasteiger partial charge >= 0.3 is 5.97 Å². The van der Waals surface area contributed by atoms with Gasteiger partial charge in [0.25, 0.3) is 5.91 Å². The van der Waals surface area contributed by atoms with Gasteiger partial charge in [0.1, 0.15) is 0 Å². The third-order valence-electron chi connectivity index (χ3n) is 2.63. The number of hydrogen-bond acceptors (Lipinski definition) is 3. The second-order valence-electron chi connectivity index (χ2n) is 4.08. The molecule has 1 amide bonds. The Bertz CT molecular complexity index is 686. The topological polar surface area (TPSA) is 92.4 Å². The van der Waals surface area contributed by atoms with Gasteiger partial charge in [-0.25, -0.2) is 4.79 Å². The molecule has 0 unspecified atom stereocenters. The highest BCUT2D eigenvalue weighted by Crippen LogP contribution is 2.20. The fourth-order valence-electron chi connectivity index (χ4n) is 1.60. The molecular formula is C14H11ClN2O3. The Labute approximate surface area is 120 Å². The van der Waals surface area contributed by atoms with E-state index in [0.29, 0.717) is 16.9 Å². The van der Waals surface area contributed by atoms with E-state index in [4.69, 9.17) is 22.4 Å². The highest BCUT2D eigenvalue weighted by Gasteiger charge is 2.09. The predicted molar refractivity (Wildman–Crippen MR) is 77.2 cm³/mol. The fourth-order valence-corrected chi connectivity index (χ4v) is 1.78. The summed E-state index contributed by atoms with van der Waals surface area (Å²) in [6.07, 6.45) is 0. The van der Waals surface area contributed by atoms with E-state index < -0.39 is 11.9 Å². The van der Waals surface area contributed by atoms with Crippen molar-refractivity contribution in [1.82, 2.24) is 0 Å². The average molecular weight is 291 g/mol. The minimum atomic E-state index is -1.06. The van der Waals surface area contributed by atoms with Gasteiger partial charge in [-0.05, 0) is 36.4 Å². The van der Waals surface area contributed by atoms with E-state index in [1.807, 2.05) is 0 Å². The van der Waals surface area contributed by atoms with E-state index in [1.54, 1.807) is 12.1 Å². The number of carboxylic acids is 1. The zero-order valence-corrected chi connectivity index (χ0v) is 11.0.